The average molecular weight is 206 g/mol. The summed E-state index contributed by atoms with van der Waals surface area (Å²) < 4.78 is 15.2. The Bertz CT molecular complexity index is 413. The number of hydrogen-bond acceptors (Lipinski definition) is 4. The van der Waals surface area contributed by atoms with E-state index in [0.717, 1.165) is 23.5 Å². The zero-order chi connectivity index (χ0) is 10.3. The van der Waals surface area contributed by atoms with Gasteiger partial charge in [0.25, 0.3) is 0 Å². The third kappa shape index (κ3) is 1.42. The highest BCUT2D eigenvalue weighted by molar-refractivity contribution is 5.77. The number of carbonyl (C=O) groups is 1. The molecule has 4 heteroatoms. The zero-order valence-corrected chi connectivity index (χ0v) is 8.06. The van der Waals surface area contributed by atoms with E-state index in [1.807, 2.05) is 18.2 Å². The number of hydrogen-bond donors (Lipinski definition) is 0. The summed E-state index contributed by atoms with van der Waals surface area (Å²) in [5.74, 6) is 1.45. The monoisotopic (exact) mass is 206 g/mol. The van der Waals surface area contributed by atoms with Gasteiger partial charge in [-0.3, -0.25) is 4.79 Å². The molecule has 0 radical (unpaired) electrons. The van der Waals surface area contributed by atoms with Crippen molar-refractivity contribution in [1.29, 1.82) is 0 Å². The lowest BCUT2D eigenvalue weighted by Gasteiger charge is -2.24. The zero-order valence-electron chi connectivity index (χ0n) is 8.06. The van der Waals surface area contributed by atoms with Crippen molar-refractivity contribution in [2.75, 3.05) is 13.4 Å². The van der Waals surface area contributed by atoms with E-state index in [1.165, 1.54) is 0 Å². The minimum absolute atomic E-state index is 0.0189. The van der Waals surface area contributed by atoms with Crippen LogP contribution < -0.4 is 9.47 Å². The molecule has 2 aliphatic heterocycles. The van der Waals surface area contributed by atoms with E-state index in [4.69, 9.17) is 14.2 Å². The van der Waals surface area contributed by atoms with Crippen LogP contribution in [-0.4, -0.2) is 19.4 Å². The quantitative estimate of drug-likeness (QED) is 0.680. The maximum atomic E-state index is 11.0. The molecule has 0 bridgehead atoms. The lowest BCUT2D eigenvalue weighted by Crippen LogP contribution is -2.35. The van der Waals surface area contributed by atoms with Gasteiger partial charge in [0.05, 0.1) is 5.92 Å². The van der Waals surface area contributed by atoms with Crippen molar-refractivity contribution in [3.05, 3.63) is 23.8 Å². The van der Waals surface area contributed by atoms with Gasteiger partial charge in [0, 0.05) is 0 Å². The third-order valence-corrected chi connectivity index (χ3v) is 2.68. The van der Waals surface area contributed by atoms with Gasteiger partial charge in [-0.05, 0) is 24.1 Å². The van der Waals surface area contributed by atoms with Crippen LogP contribution in [0.2, 0.25) is 0 Å². The van der Waals surface area contributed by atoms with Crippen LogP contribution in [0.15, 0.2) is 18.2 Å². The summed E-state index contributed by atoms with van der Waals surface area (Å²) in [4.78, 5) is 11.0. The highest BCUT2D eigenvalue weighted by Crippen LogP contribution is 2.33. The van der Waals surface area contributed by atoms with Crippen LogP contribution in [0.3, 0.4) is 0 Å². The smallest absolute Gasteiger partial charge is 0.312 e. The van der Waals surface area contributed by atoms with Crippen LogP contribution in [0.5, 0.6) is 11.5 Å². The second kappa shape index (κ2) is 3.15. The number of fused-ring (bicyclic) bond motifs is 1. The number of rotatable bonds is 2. The van der Waals surface area contributed by atoms with Crippen LogP contribution in [0.25, 0.3) is 0 Å². The van der Waals surface area contributed by atoms with Crippen LogP contribution in [0.1, 0.15) is 5.56 Å². The van der Waals surface area contributed by atoms with Crippen molar-refractivity contribution in [1.82, 2.24) is 0 Å². The number of cyclic esters (lactones) is 1. The average Bonchev–Trinajstić information content (AvgIpc) is 2.71. The Morgan fingerprint density at radius 3 is 2.80 bits per heavy atom. The third-order valence-electron chi connectivity index (χ3n) is 2.68. The first-order valence-electron chi connectivity index (χ1n) is 4.88. The molecule has 15 heavy (non-hydrogen) atoms. The highest BCUT2D eigenvalue weighted by atomic mass is 16.7. The van der Waals surface area contributed by atoms with Crippen molar-refractivity contribution >= 4 is 5.97 Å². The van der Waals surface area contributed by atoms with E-state index in [-0.39, 0.29) is 18.7 Å². The molecule has 78 valence electrons. The molecule has 0 aromatic heterocycles. The fourth-order valence-electron chi connectivity index (χ4n) is 1.76. The summed E-state index contributed by atoms with van der Waals surface area (Å²) >= 11 is 0. The molecule has 0 aliphatic carbocycles. The Labute approximate surface area is 86.7 Å². The molecule has 1 fully saturated rings. The van der Waals surface area contributed by atoms with Crippen molar-refractivity contribution in [3.63, 3.8) is 0 Å². The predicted molar refractivity (Wildman–Crippen MR) is 50.7 cm³/mol. The number of ether oxygens (including phenoxy) is 3. The first-order valence-corrected chi connectivity index (χ1v) is 4.88. The molecule has 1 aromatic carbocycles. The van der Waals surface area contributed by atoms with Gasteiger partial charge < -0.3 is 14.2 Å². The highest BCUT2D eigenvalue weighted by Gasteiger charge is 2.30. The summed E-state index contributed by atoms with van der Waals surface area (Å²) in [6.45, 7) is 0.817. The molecule has 1 saturated heterocycles. The Morgan fingerprint density at radius 2 is 2.07 bits per heavy atom. The van der Waals surface area contributed by atoms with Crippen LogP contribution in [0.4, 0.5) is 0 Å². The van der Waals surface area contributed by atoms with E-state index < -0.39 is 0 Å². The van der Waals surface area contributed by atoms with Gasteiger partial charge in [-0.1, -0.05) is 6.07 Å². The fraction of sp³-hybridized carbons (Fsp3) is 0.364. The molecule has 0 spiro atoms. The maximum Gasteiger partial charge on any atom is 0.312 e. The Balaban J connectivity index is 1.78. The topological polar surface area (TPSA) is 44.8 Å². The SMILES string of the molecule is O=C1OC[C@H]1Cc1ccc2c(c1)OCO2. The van der Waals surface area contributed by atoms with Gasteiger partial charge in [0.1, 0.15) is 6.61 Å². The molecule has 0 amide bonds. The molecular formula is C11H10O4. The van der Waals surface area contributed by atoms with Crippen LogP contribution in [-0.2, 0) is 16.0 Å². The van der Waals surface area contributed by atoms with Crippen LogP contribution in [0, 0.1) is 5.92 Å². The van der Waals surface area contributed by atoms with Crippen molar-refractivity contribution in [3.8, 4) is 11.5 Å². The molecular weight excluding hydrogens is 196 g/mol. The summed E-state index contributed by atoms with van der Waals surface area (Å²) in [5.41, 5.74) is 1.08. The Hall–Kier alpha value is -1.71. The molecule has 2 heterocycles. The lowest BCUT2D eigenvalue weighted by molar-refractivity contribution is -0.168. The maximum absolute atomic E-state index is 11.0. The molecule has 4 nitrogen and oxygen atoms in total. The lowest BCUT2D eigenvalue weighted by atomic mass is 9.97. The summed E-state index contributed by atoms with van der Waals surface area (Å²) in [6.07, 6.45) is 0.718. The standard InChI is InChI=1S/C11H10O4/c12-11-8(5-13-11)3-7-1-2-9-10(4-7)15-6-14-9/h1-2,4,8H,3,5-6H2/t8-/m1/s1. The normalized spacial score (nSPS) is 22.1. The van der Waals surface area contributed by atoms with E-state index in [9.17, 15) is 4.79 Å². The van der Waals surface area contributed by atoms with Gasteiger partial charge in [-0.2, -0.15) is 0 Å². The van der Waals surface area contributed by atoms with E-state index in [2.05, 4.69) is 0 Å². The number of esters is 1. The minimum atomic E-state index is -0.104. The molecule has 1 aromatic rings. The van der Waals surface area contributed by atoms with Gasteiger partial charge in [-0.25, -0.2) is 0 Å². The van der Waals surface area contributed by atoms with Gasteiger partial charge >= 0.3 is 5.97 Å². The van der Waals surface area contributed by atoms with Crippen molar-refractivity contribution in [2.24, 2.45) is 5.92 Å². The Kier molecular flexibility index (Phi) is 1.80. The molecule has 3 rings (SSSR count). The van der Waals surface area contributed by atoms with Gasteiger partial charge in [0.2, 0.25) is 6.79 Å². The van der Waals surface area contributed by atoms with Gasteiger partial charge in [0.15, 0.2) is 11.5 Å². The largest absolute Gasteiger partial charge is 0.464 e. The van der Waals surface area contributed by atoms with E-state index in [0.29, 0.717) is 6.61 Å². The van der Waals surface area contributed by atoms with E-state index >= 15 is 0 Å². The molecule has 0 saturated carbocycles. The summed E-state index contributed by atoms with van der Waals surface area (Å²) in [5, 5.41) is 0. The fourth-order valence-corrected chi connectivity index (χ4v) is 1.76. The van der Waals surface area contributed by atoms with Crippen molar-refractivity contribution in [2.45, 2.75) is 6.42 Å². The van der Waals surface area contributed by atoms with Crippen molar-refractivity contribution < 1.29 is 19.0 Å². The van der Waals surface area contributed by atoms with Gasteiger partial charge in [-0.15, -0.1) is 0 Å². The number of carbonyl (C=O) groups excluding carboxylic acids is 1. The molecule has 0 unspecified atom stereocenters. The summed E-state index contributed by atoms with van der Waals surface area (Å²) in [6, 6.07) is 5.76. The molecule has 1 atom stereocenters. The van der Waals surface area contributed by atoms with E-state index in [1.54, 1.807) is 0 Å². The molecule has 2 aliphatic rings. The number of benzene rings is 1. The second-order valence-electron chi connectivity index (χ2n) is 3.72. The predicted octanol–water partition coefficient (Wildman–Crippen LogP) is 1.13. The van der Waals surface area contributed by atoms with Crippen LogP contribution >= 0.6 is 0 Å². The first-order chi connectivity index (χ1) is 7.33. The summed E-state index contributed by atoms with van der Waals surface area (Å²) in [7, 11) is 0. The minimum Gasteiger partial charge on any atom is -0.464 e. The Morgan fingerprint density at radius 1 is 1.20 bits per heavy atom. The second-order valence-corrected chi connectivity index (χ2v) is 3.72. The first kappa shape index (κ1) is 8.59. The molecule has 0 N–H and O–H groups in total.